The molecule has 1 N–H and O–H groups in total. The maximum absolute atomic E-state index is 10.7. The number of esters is 1. The molecule has 0 amide bonds. The fraction of sp³-hybridized carbons (Fsp3) is 0.600. The molecule has 0 bridgehead atoms. The van der Waals surface area contributed by atoms with E-state index in [1.807, 2.05) is 6.92 Å². The molecule has 14 heavy (non-hydrogen) atoms. The summed E-state index contributed by atoms with van der Waals surface area (Å²) in [4.78, 5) is 21.4. The zero-order valence-corrected chi connectivity index (χ0v) is 8.36. The van der Waals surface area contributed by atoms with E-state index in [1.54, 1.807) is 0 Å². The number of hydrogen-bond acceptors (Lipinski definition) is 3. The Morgan fingerprint density at radius 3 is 2.64 bits per heavy atom. The molecule has 0 fully saturated rings. The summed E-state index contributed by atoms with van der Waals surface area (Å²) in [7, 11) is 0. The Morgan fingerprint density at radius 1 is 1.57 bits per heavy atom. The van der Waals surface area contributed by atoms with Crippen LogP contribution < -0.4 is 0 Å². The number of ether oxygens (including phenoxy) is 1. The molecule has 1 atom stereocenters. The molecule has 0 aliphatic rings. The highest BCUT2D eigenvalue weighted by molar-refractivity contribution is 5.81. The minimum absolute atomic E-state index is 0.0693. The first-order chi connectivity index (χ1) is 6.61. The molecule has 0 aromatic carbocycles. The Labute approximate surface area is 83.6 Å². The molecule has 0 saturated heterocycles. The second-order valence-electron chi connectivity index (χ2n) is 3.01. The van der Waals surface area contributed by atoms with Gasteiger partial charge in [-0.25, -0.2) is 4.79 Å². The molecule has 0 spiro atoms. The molecule has 0 aromatic rings. The number of hydrogen-bond donors (Lipinski definition) is 1. The Balaban J connectivity index is 3.90. The first-order valence-electron chi connectivity index (χ1n) is 4.63. The molecular formula is C10H16O4. The smallest absolute Gasteiger partial charge is 0.330 e. The summed E-state index contributed by atoms with van der Waals surface area (Å²) in [5.41, 5.74) is 0. The SMILES string of the molecule is C=CC(=O)OCC(CCCC)C(=O)O. The van der Waals surface area contributed by atoms with Gasteiger partial charge in [0.2, 0.25) is 0 Å². The van der Waals surface area contributed by atoms with Crippen molar-refractivity contribution in [2.45, 2.75) is 26.2 Å². The van der Waals surface area contributed by atoms with Crippen LogP contribution in [0.15, 0.2) is 12.7 Å². The van der Waals surface area contributed by atoms with E-state index >= 15 is 0 Å². The lowest BCUT2D eigenvalue weighted by molar-refractivity contribution is -0.148. The van der Waals surface area contributed by atoms with Gasteiger partial charge in [0.15, 0.2) is 0 Å². The molecule has 0 aromatic heterocycles. The van der Waals surface area contributed by atoms with E-state index in [4.69, 9.17) is 5.11 Å². The molecule has 0 aliphatic carbocycles. The van der Waals surface area contributed by atoms with E-state index in [0.29, 0.717) is 6.42 Å². The van der Waals surface area contributed by atoms with Crippen molar-refractivity contribution in [2.75, 3.05) is 6.61 Å². The molecule has 4 heteroatoms. The third-order valence-electron chi connectivity index (χ3n) is 1.85. The third kappa shape index (κ3) is 5.35. The Morgan fingerprint density at radius 2 is 2.21 bits per heavy atom. The summed E-state index contributed by atoms with van der Waals surface area (Å²) in [5.74, 6) is -2.10. The van der Waals surface area contributed by atoms with Crippen LogP contribution in [0.2, 0.25) is 0 Å². The Hall–Kier alpha value is -1.32. The highest BCUT2D eigenvalue weighted by Gasteiger charge is 2.18. The molecule has 80 valence electrons. The van der Waals surface area contributed by atoms with Crippen molar-refractivity contribution in [3.63, 3.8) is 0 Å². The van der Waals surface area contributed by atoms with Gasteiger partial charge in [-0.15, -0.1) is 0 Å². The summed E-state index contributed by atoms with van der Waals surface area (Å²) in [6.07, 6.45) is 3.32. The summed E-state index contributed by atoms with van der Waals surface area (Å²) < 4.78 is 4.67. The predicted octanol–water partition coefficient (Wildman–Crippen LogP) is 1.61. The van der Waals surface area contributed by atoms with E-state index in [9.17, 15) is 9.59 Å². The van der Waals surface area contributed by atoms with Gasteiger partial charge in [-0.05, 0) is 6.42 Å². The quantitative estimate of drug-likeness (QED) is 0.501. The lowest BCUT2D eigenvalue weighted by Crippen LogP contribution is -2.21. The monoisotopic (exact) mass is 200 g/mol. The van der Waals surface area contributed by atoms with E-state index < -0.39 is 17.9 Å². The van der Waals surface area contributed by atoms with Crippen molar-refractivity contribution < 1.29 is 19.4 Å². The zero-order chi connectivity index (χ0) is 11.0. The van der Waals surface area contributed by atoms with Gasteiger partial charge in [-0.3, -0.25) is 4.79 Å². The van der Waals surface area contributed by atoms with Crippen molar-refractivity contribution in [1.29, 1.82) is 0 Å². The van der Waals surface area contributed by atoms with Crippen LogP contribution >= 0.6 is 0 Å². The normalized spacial score (nSPS) is 11.8. The van der Waals surface area contributed by atoms with Crippen LogP contribution in [-0.2, 0) is 14.3 Å². The van der Waals surface area contributed by atoms with Gasteiger partial charge in [0.1, 0.15) is 6.61 Å². The van der Waals surface area contributed by atoms with Gasteiger partial charge < -0.3 is 9.84 Å². The van der Waals surface area contributed by atoms with Crippen molar-refractivity contribution in [1.82, 2.24) is 0 Å². The van der Waals surface area contributed by atoms with Crippen molar-refractivity contribution in [3.8, 4) is 0 Å². The van der Waals surface area contributed by atoms with Crippen LogP contribution in [-0.4, -0.2) is 23.7 Å². The third-order valence-corrected chi connectivity index (χ3v) is 1.85. The number of aliphatic carboxylic acids is 1. The highest BCUT2D eigenvalue weighted by Crippen LogP contribution is 2.09. The Kier molecular flexibility index (Phi) is 6.45. The van der Waals surface area contributed by atoms with E-state index in [-0.39, 0.29) is 6.61 Å². The van der Waals surface area contributed by atoms with E-state index in [0.717, 1.165) is 18.9 Å². The highest BCUT2D eigenvalue weighted by atomic mass is 16.5. The molecule has 4 nitrogen and oxygen atoms in total. The number of carbonyl (C=O) groups is 2. The van der Waals surface area contributed by atoms with Crippen LogP contribution in [0, 0.1) is 5.92 Å². The fourth-order valence-corrected chi connectivity index (χ4v) is 0.970. The van der Waals surface area contributed by atoms with Gasteiger partial charge in [0.25, 0.3) is 0 Å². The lowest BCUT2D eigenvalue weighted by Gasteiger charge is -2.10. The van der Waals surface area contributed by atoms with Crippen LogP contribution in [0.5, 0.6) is 0 Å². The van der Waals surface area contributed by atoms with Crippen molar-refractivity contribution in [2.24, 2.45) is 5.92 Å². The lowest BCUT2D eigenvalue weighted by atomic mass is 10.0. The summed E-state index contributed by atoms with van der Waals surface area (Å²) in [6.45, 7) is 5.14. The van der Waals surface area contributed by atoms with Crippen LogP contribution in [0.4, 0.5) is 0 Å². The number of carboxylic acids is 1. The van der Waals surface area contributed by atoms with Crippen molar-refractivity contribution >= 4 is 11.9 Å². The van der Waals surface area contributed by atoms with E-state index in [2.05, 4.69) is 11.3 Å². The predicted molar refractivity (Wildman–Crippen MR) is 51.8 cm³/mol. The number of carbonyl (C=O) groups excluding carboxylic acids is 1. The van der Waals surface area contributed by atoms with Crippen molar-refractivity contribution in [3.05, 3.63) is 12.7 Å². The molecular weight excluding hydrogens is 184 g/mol. The fourth-order valence-electron chi connectivity index (χ4n) is 0.970. The standard InChI is InChI=1S/C10H16O4/c1-3-5-6-8(10(12)13)7-14-9(11)4-2/h4,8H,2-3,5-7H2,1H3,(H,12,13). The summed E-state index contributed by atoms with van der Waals surface area (Å²) >= 11 is 0. The van der Waals surface area contributed by atoms with Gasteiger partial charge in [-0.2, -0.15) is 0 Å². The molecule has 0 saturated carbocycles. The Bertz CT molecular complexity index is 210. The largest absolute Gasteiger partial charge is 0.481 e. The minimum Gasteiger partial charge on any atom is -0.481 e. The molecule has 1 unspecified atom stereocenters. The van der Waals surface area contributed by atoms with Crippen LogP contribution in [0.25, 0.3) is 0 Å². The summed E-state index contributed by atoms with van der Waals surface area (Å²) in [5, 5.41) is 8.77. The number of rotatable bonds is 7. The second kappa shape index (κ2) is 7.12. The van der Waals surface area contributed by atoms with Gasteiger partial charge in [0.05, 0.1) is 5.92 Å². The molecule has 0 rings (SSSR count). The van der Waals surface area contributed by atoms with Crippen LogP contribution in [0.3, 0.4) is 0 Å². The first kappa shape index (κ1) is 12.7. The maximum Gasteiger partial charge on any atom is 0.330 e. The average Bonchev–Trinajstić information content (AvgIpc) is 2.16. The molecule has 0 heterocycles. The van der Waals surface area contributed by atoms with Crippen LogP contribution in [0.1, 0.15) is 26.2 Å². The van der Waals surface area contributed by atoms with Gasteiger partial charge >= 0.3 is 11.9 Å². The number of unbranched alkanes of at least 4 members (excludes halogenated alkanes) is 1. The van der Waals surface area contributed by atoms with Gasteiger partial charge in [-0.1, -0.05) is 26.3 Å². The topological polar surface area (TPSA) is 63.6 Å². The minimum atomic E-state index is -0.921. The van der Waals surface area contributed by atoms with E-state index in [1.165, 1.54) is 0 Å². The van der Waals surface area contributed by atoms with Gasteiger partial charge in [0, 0.05) is 6.08 Å². The maximum atomic E-state index is 10.7. The second-order valence-corrected chi connectivity index (χ2v) is 3.01. The molecule has 0 radical (unpaired) electrons. The zero-order valence-electron chi connectivity index (χ0n) is 8.36. The number of carboxylic acid groups (broad SMARTS) is 1. The average molecular weight is 200 g/mol. The summed E-state index contributed by atoms with van der Waals surface area (Å²) in [6, 6.07) is 0. The molecule has 0 aliphatic heterocycles. The first-order valence-corrected chi connectivity index (χ1v) is 4.63.